The van der Waals surface area contributed by atoms with Gasteiger partial charge in [0.25, 0.3) is 0 Å². The zero-order valence-electron chi connectivity index (χ0n) is 14.1. The number of nitro groups is 1. The van der Waals surface area contributed by atoms with Crippen LogP contribution in [0.2, 0.25) is 0 Å². The fraction of sp³-hybridized carbons (Fsp3) is 0.235. The molecule has 0 aliphatic heterocycles. The highest BCUT2D eigenvalue weighted by Crippen LogP contribution is 2.32. The number of nitro benzene ring substituents is 1. The molecule has 2 aromatic carbocycles. The number of hydrogen-bond acceptors (Lipinski definition) is 5. The molecule has 8 heteroatoms. The molecule has 0 heterocycles. The van der Waals surface area contributed by atoms with E-state index in [1.807, 2.05) is 0 Å². The highest BCUT2D eigenvalue weighted by molar-refractivity contribution is 5.95. The molecule has 7 nitrogen and oxygen atoms in total. The van der Waals surface area contributed by atoms with Crippen molar-refractivity contribution in [2.24, 2.45) is 0 Å². The van der Waals surface area contributed by atoms with Crippen LogP contribution in [0.4, 0.5) is 21.5 Å². The molecular weight excluding hydrogens is 329 g/mol. The first-order valence-corrected chi connectivity index (χ1v) is 7.44. The second kappa shape index (κ2) is 7.61. The van der Waals surface area contributed by atoms with Crippen LogP contribution in [0, 0.1) is 29.8 Å². The van der Waals surface area contributed by atoms with Gasteiger partial charge in [0.1, 0.15) is 5.82 Å². The van der Waals surface area contributed by atoms with Crippen molar-refractivity contribution in [3.8, 4) is 5.75 Å². The number of nitrogens with one attached hydrogen (secondary N) is 2. The summed E-state index contributed by atoms with van der Waals surface area (Å²) in [5, 5.41) is 16.5. The van der Waals surface area contributed by atoms with Crippen LogP contribution in [0.25, 0.3) is 0 Å². The number of anilines is 2. The van der Waals surface area contributed by atoms with Crippen molar-refractivity contribution in [3.05, 3.63) is 57.4 Å². The van der Waals surface area contributed by atoms with Gasteiger partial charge in [-0.1, -0.05) is 6.07 Å². The van der Waals surface area contributed by atoms with Gasteiger partial charge in [-0.25, -0.2) is 4.39 Å². The van der Waals surface area contributed by atoms with E-state index < -0.39 is 10.7 Å². The number of rotatable bonds is 6. The quantitative estimate of drug-likeness (QED) is 0.617. The molecule has 0 saturated carbocycles. The second-order valence-electron chi connectivity index (χ2n) is 5.46. The molecule has 0 aliphatic rings. The maximum Gasteiger partial charge on any atom is 0.311 e. The van der Waals surface area contributed by atoms with E-state index >= 15 is 0 Å². The molecule has 0 spiro atoms. The van der Waals surface area contributed by atoms with E-state index in [1.165, 1.54) is 31.4 Å². The molecule has 0 aliphatic carbocycles. The van der Waals surface area contributed by atoms with Crippen LogP contribution in [0.5, 0.6) is 5.75 Å². The van der Waals surface area contributed by atoms with Gasteiger partial charge in [-0.3, -0.25) is 14.9 Å². The molecule has 0 atom stereocenters. The number of halogens is 1. The summed E-state index contributed by atoms with van der Waals surface area (Å²) in [6.45, 7) is 3.36. The molecule has 0 bridgehead atoms. The maximum atomic E-state index is 13.2. The number of amides is 1. The number of methoxy groups -OCH3 is 1. The first kappa shape index (κ1) is 18.2. The standard InChI is InChI=1S/C17H18FN3O4/c1-10-4-5-12(18)7-13(10)19-9-17(22)20-14-8-16(25-3)15(21(23)24)6-11(14)2/h4-8,19H,9H2,1-3H3,(H,20,22). The fourth-order valence-corrected chi connectivity index (χ4v) is 2.27. The van der Waals surface area contributed by atoms with Crippen LogP contribution in [-0.4, -0.2) is 24.5 Å². The Balaban J connectivity index is 2.10. The second-order valence-corrected chi connectivity index (χ2v) is 5.46. The third-order valence-corrected chi connectivity index (χ3v) is 3.64. The number of ether oxygens (including phenoxy) is 1. The van der Waals surface area contributed by atoms with Crippen molar-refractivity contribution in [2.45, 2.75) is 13.8 Å². The van der Waals surface area contributed by atoms with Gasteiger partial charge in [-0.15, -0.1) is 0 Å². The van der Waals surface area contributed by atoms with Crippen LogP contribution in [0.15, 0.2) is 30.3 Å². The summed E-state index contributed by atoms with van der Waals surface area (Å²) in [4.78, 5) is 22.5. The van der Waals surface area contributed by atoms with Gasteiger partial charge in [-0.2, -0.15) is 0 Å². The Labute approximate surface area is 144 Å². The molecule has 0 fully saturated rings. The number of aryl methyl sites for hydroxylation is 2. The highest BCUT2D eigenvalue weighted by atomic mass is 19.1. The Morgan fingerprint density at radius 1 is 1.20 bits per heavy atom. The number of nitrogens with zero attached hydrogens (tertiary/aromatic N) is 1. The number of carbonyl (C=O) groups is 1. The van der Waals surface area contributed by atoms with Crippen LogP contribution in [0.1, 0.15) is 11.1 Å². The Kier molecular flexibility index (Phi) is 5.53. The Morgan fingerprint density at radius 2 is 1.92 bits per heavy atom. The average molecular weight is 347 g/mol. The first-order chi connectivity index (χ1) is 11.8. The van der Waals surface area contributed by atoms with Crippen molar-refractivity contribution in [2.75, 3.05) is 24.3 Å². The zero-order valence-corrected chi connectivity index (χ0v) is 14.1. The lowest BCUT2D eigenvalue weighted by atomic mass is 10.1. The minimum atomic E-state index is -0.550. The molecule has 0 unspecified atom stereocenters. The summed E-state index contributed by atoms with van der Waals surface area (Å²) in [6, 6.07) is 6.99. The number of benzene rings is 2. The van der Waals surface area contributed by atoms with Crippen LogP contribution in [0.3, 0.4) is 0 Å². The molecule has 0 radical (unpaired) electrons. The predicted molar refractivity (Wildman–Crippen MR) is 92.6 cm³/mol. The molecule has 0 aromatic heterocycles. The summed E-state index contributed by atoms with van der Waals surface area (Å²) in [5.41, 5.74) is 2.09. The van der Waals surface area contributed by atoms with E-state index in [4.69, 9.17) is 4.74 Å². The van der Waals surface area contributed by atoms with Gasteiger partial charge in [0.2, 0.25) is 5.91 Å². The third-order valence-electron chi connectivity index (χ3n) is 3.64. The van der Waals surface area contributed by atoms with Gasteiger partial charge < -0.3 is 15.4 Å². The van der Waals surface area contributed by atoms with E-state index in [1.54, 1.807) is 19.9 Å². The van der Waals surface area contributed by atoms with Gasteiger partial charge >= 0.3 is 5.69 Å². The van der Waals surface area contributed by atoms with Crippen molar-refractivity contribution in [3.63, 3.8) is 0 Å². The average Bonchev–Trinajstić information content (AvgIpc) is 2.57. The fourth-order valence-electron chi connectivity index (χ4n) is 2.27. The summed E-state index contributed by atoms with van der Waals surface area (Å²) in [7, 11) is 1.32. The highest BCUT2D eigenvalue weighted by Gasteiger charge is 2.18. The van der Waals surface area contributed by atoms with Crippen molar-refractivity contribution in [1.82, 2.24) is 0 Å². The molecule has 2 aromatic rings. The lowest BCUT2D eigenvalue weighted by Gasteiger charge is -2.12. The SMILES string of the molecule is COc1cc(NC(=O)CNc2cc(F)ccc2C)c(C)cc1[N+](=O)[O-]. The van der Waals surface area contributed by atoms with Crippen molar-refractivity contribution >= 4 is 23.0 Å². The maximum absolute atomic E-state index is 13.2. The van der Waals surface area contributed by atoms with Crippen LogP contribution < -0.4 is 15.4 Å². The van der Waals surface area contributed by atoms with Gasteiger partial charge in [-0.05, 0) is 37.1 Å². The van der Waals surface area contributed by atoms with Crippen molar-refractivity contribution < 1.29 is 18.8 Å². The van der Waals surface area contributed by atoms with E-state index in [2.05, 4.69) is 10.6 Å². The smallest absolute Gasteiger partial charge is 0.311 e. The predicted octanol–water partition coefficient (Wildman–Crippen LogP) is 3.41. The Bertz CT molecular complexity index is 824. The number of hydrogen-bond donors (Lipinski definition) is 2. The van der Waals surface area contributed by atoms with Crippen LogP contribution >= 0.6 is 0 Å². The summed E-state index contributed by atoms with van der Waals surface area (Å²) in [5.74, 6) is -0.716. The summed E-state index contributed by atoms with van der Waals surface area (Å²) >= 11 is 0. The lowest BCUT2D eigenvalue weighted by Crippen LogP contribution is -2.22. The molecular formula is C17H18FN3O4. The van der Waals surface area contributed by atoms with Gasteiger partial charge in [0.15, 0.2) is 5.75 Å². The first-order valence-electron chi connectivity index (χ1n) is 7.44. The van der Waals surface area contributed by atoms with Crippen LogP contribution in [-0.2, 0) is 4.79 Å². The Morgan fingerprint density at radius 3 is 2.56 bits per heavy atom. The zero-order chi connectivity index (χ0) is 18.6. The molecule has 2 rings (SSSR count). The molecule has 2 N–H and O–H groups in total. The molecule has 25 heavy (non-hydrogen) atoms. The topological polar surface area (TPSA) is 93.5 Å². The van der Waals surface area contributed by atoms with Gasteiger partial charge in [0.05, 0.1) is 18.6 Å². The minimum Gasteiger partial charge on any atom is -0.490 e. The van der Waals surface area contributed by atoms with Gasteiger partial charge in [0, 0.05) is 23.5 Å². The normalized spacial score (nSPS) is 10.2. The van der Waals surface area contributed by atoms with E-state index in [0.717, 1.165) is 5.56 Å². The van der Waals surface area contributed by atoms with Crippen molar-refractivity contribution in [1.29, 1.82) is 0 Å². The summed E-state index contributed by atoms with van der Waals surface area (Å²) in [6.07, 6.45) is 0. The monoisotopic (exact) mass is 347 g/mol. The molecule has 0 saturated heterocycles. The minimum absolute atomic E-state index is 0.0554. The largest absolute Gasteiger partial charge is 0.490 e. The lowest BCUT2D eigenvalue weighted by molar-refractivity contribution is -0.385. The molecule has 132 valence electrons. The Hall–Kier alpha value is -3.16. The summed E-state index contributed by atoms with van der Waals surface area (Å²) < 4.78 is 18.2. The third kappa shape index (κ3) is 4.43. The van der Waals surface area contributed by atoms with E-state index in [9.17, 15) is 19.3 Å². The van der Waals surface area contributed by atoms with E-state index in [-0.39, 0.29) is 23.9 Å². The van der Waals surface area contributed by atoms with E-state index in [0.29, 0.717) is 16.9 Å². The number of carbonyl (C=O) groups excluding carboxylic acids is 1. The molecule has 1 amide bonds.